The van der Waals surface area contributed by atoms with Gasteiger partial charge in [0, 0.05) is 12.1 Å². The monoisotopic (exact) mass is 404 g/mol. The molecule has 2 atom stereocenters. The lowest BCUT2D eigenvalue weighted by Crippen LogP contribution is -2.44. The van der Waals surface area contributed by atoms with Gasteiger partial charge in [-0.1, -0.05) is 25.8 Å². The fraction of sp³-hybridized carbons (Fsp3) is 0.619. The molecule has 0 radical (unpaired) electrons. The molecule has 1 aliphatic heterocycles. The van der Waals surface area contributed by atoms with E-state index in [1.807, 2.05) is 0 Å². The Bertz CT molecular complexity index is 878. The van der Waals surface area contributed by atoms with Crippen LogP contribution in [0.15, 0.2) is 12.1 Å². The van der Waals surface area contributed by atoms with Crippen molar-refractivity contribution >= 4 is 16.9 Å². The third-order valence-corrected chi connectivity index (χ3v) is 6.47. The van der Waals surface area contributed by atoms with Crippen molar-refractivity contribution in [1.29, 1.82) is 0 Å². The zero-order valence-electron chi connectivity index (χ0n) is 16.7. The first-order chi connectivity index (χ1) is 14.0. The van der Waals surface area contributed by atoms with Gasteiger partial charge < -0.3 is 25.5 Å². The van der Waals surface area contributed by atoms with Crippen LogP contribution in [0.3, 0.4) is 0 Å². The van der Waals surface area contributed by atoms with Crippen LogP contribution in [-0.2, 0) is 9.53 Å². The maximum atomic E-state index is 15.4. The van der Waals surface area contributed by atoms with Crippen LogP contribution in [0.5, 0.6) is 0 Å². The van der Waals surface area contributed by atoms with Crippen LogP contribution in [0.1, 0.15) is 56.1 Å². The second-order valence-corrected chi connectivity index (χ2v) is 8.37. The van der Waals surface area contributed by atoms with Gasteiger partial charge in [-0.3, -0.25) is 4.79 Å². The average Bonchev–Trinajstić information content (AvgIpc) is 3.19. The van der Waals surface area contributed by atoms with E-state index < -0.39 is 24.4 Å². The molecule has 2 heterocycles. The first kappa shape index (κ1) is 20.3. The lowest BCUT2D eigenvalue weighted by atomic mass is 9.79. The van der Waals surface area contributed by atoms with E-state index in [2.05, 4.69) is 16.9 Å². The number of nitrogens with one attached hydrogen (secondary N) is 1. The van der Waals surface area contributed by atoms with Crippen molar-refractivity contribution < 1.29 is 19.0 Å². The summed E-state index contributed by atoms with van der Waals surface area (Å²) in [7, 11) is 0. The Morgan fingerprint density at radius 2 is 2.17 bits per heavy atom. The number of imidazole rings is 1. The van der Waals surface area contributed by atoms with Crippen LogP contribution in [0.25, 0.3) is 11.0 Å². The predicted molar refractivity (Wildman–Crippen MR) is 106 cm³/mol. The van der Waals surface area contributed by atoms with Gasteiger partial charge in [-0.25, -0.2) is 9.37 Å². The van der Waals surface area contributed by atoms with Crippen molar-refractivity contribution in [3.63, 3.8) is 0 Å². The lowest BCUT2D eigenvalue weighted by Gasteiger charge is -2.35. The summed E-state index contributed by atoms with van der Waals surface area (Å²) in [6.45, 7) is 2.53. The smallest absolute Gasteiger partial charge is 0.248 e. The fourth-order valence-electron chi connectivity index (χ4n) is 4.61. The van der Waals surface area contributed by atoms with Gasteiger partial charge in [0.05, 0.1) is 30.8 Å². The number of benzene rings is 1. The number of carbonyl (C=O) groups is 1. The number of aromatic nitrogens is 2. The molecule has 1 amide bonds. The van der Waals surface area contributed by atoms with Gasteiger partial charge in [-0.2, -0.15) is 0 Å². The van der Waals surface area contributed by atoms with Crippen LogP contribution in [0.2, 0.25) is 0 Å². The second kappa shape index (κ2) is 8.38. The molecule has 8 heteroatoms. The quantitative estimate of drug-likeness (QED) is 0.726. The average molecular weight is 404 g/mol. The Morgan fingerprint density at radius 3 is 2.90 bits per heavy atom. The van der Waals surface area contributed by atoms with Crippen molar-refractivity contribution in [1.82, 2.24) is 14.9 Å². The SMILES string of the molecule is CC1CCC([C@H](N)c2nc3c(F)c(C4COCCN4C(=O)CO)ccc3[nH]2)CC1. The number of hydrogen-bond acceptors (Lipinski definition) is 5. The minimum Gasteiger partial charge on any atom is -0.387 e. The largest absolute Gasteiger partial charge is 0.387 e. The molecule has 1 saturated carbocycles. The zero-order chi connectivity index (χ0) is 20.5. The molecule has 1 aromatic heterocycles. The molecule has 158 valence electrons. The number of nitrogens with two attached hydrogens (primary N) is 1. The number of aliphatic hydroxyl groups excluding tert-OH is 1. The van der Waals surface area contributed by atoms with E-state index in [4.69, 9.17) is 10.5 Å². The number of carbonyl (C=O) groups excluding carboxylic acids is 1. The number of aromatic amines is 1. The molecule has 4 rings (SSSR count). The van der Waals surface area contributed by atoms with Crippen molar-refractivity contribution in [2.75, 3.05) is 26.4 Å². The number of hydrogen-bond donors (Lipinski definition) is 3. The molecule has 0 bridgehead atoms. The number of aliphatic hydroxyl groups is 1. The van der Waals surface area contributed by atoms with Crippen LogP contribution >= 0.6 is 0 Å². The molecule has 7 nitrogen and oxygen atoms in total. The van der Waals surface area contributed by atoms with Gasteiger partial charge >= 0.3 is 0 Å². The van der Waals surface area contributed by atoms with Crippen LogP contribution in [0, 0.1) is 17.7 Å². The molecule has 2 aliphatic rings. The van der Waals surface area contributed by atoms with Crippen molar-refractivity contribution in [3.05, 3.63) is 29.3 Å². The Balaban J connectivity index is 1.63. The second-order valence-electron chi connectivity index (χ2n) is 8.37. The summed E-state index contributed by atoms with van der Waals surface area (Å²) in [6.07, 6.45) is 4.44. The van der Waals surface area contributed by atoms with E-state index in [1.54, 1.807) is 12.1 Å². The van der Waals surface area contributed by atoms with Gasteiger partial charge in [0.1, 0.15) is 17.9 Å². The molecule has 2 aromatic rings. The highest BCUT2D eigenvalue weighted by Gasteiger charge is 2.32. The lowest BCUT2D eigenvalue weighted by molar-refractivity contribution is -0.143. The molecule has 4 N–H and O–H groups in total. The minimum absolute atomic E-state index is 0.186. The molecule has 29 heavy (non-hydrogen) atoms. The Hall–Kier alpha value is -2.03. The Morgan fingerprint density at radius 1 is 1.41 bits per heavy atom. The maximum absolute atomic E-state index is 15.4. The van der Waals surface area contributed by atoms with E-state index in [-0.39, 0.29) is 18.2 Å². The van der Waals surface area contributed by atoms with E-state index in [0.29, 0.717) is 36.0 Å². The summed E-state index contributed by atoms with van der Waals surface area (Å²) >= 11 is 0. The Kier molecular flexibility index (Phi) is 5.85. The standard InChI is InChI=1S/C21H29FN4O3/c1-12-2-4-13(5-3-12)19(23)21-24-15-7-6-14(18(22)20(15)25-21)16-11-29-9-8-26(16)17(28)10-27/h6-7,12-13,16,19,27H,2-5,8-11,23H2,1H3,(H,24,25)/t12?,13?,16?,19-/m0/s1. The van der Waals surface area contributed by atoms with Gasteiger partial charge in [0.25, 0.3) is 0 Å². The highest BCUT2D eigenvalue weighted by molar-refractivity contribution is 5.79. The van der Waals surface area contributed by atoms with Crippen molar-refractivity contribution in [2.24, 2.45) is 17.6 Å². The van der Waals surface area contributed by atoms with Crippen LogP contribution in [0.4, 0.5) is 4.39 Å². The van der Waals surface area contributed by atoms with Gasteiger partial charge in [0.2, 0.25) is 5.91 Å². The molecule has 0 spiro atoms. The van der Waals surface area contributed by atoms with Gasteiger partial charge in [0.15, 0.2) is 5.82 Å². The maximum Gasteiger partial charge on any atom is 0.248 e. The number of nitrogens with zero attached hydrogens (tertiary/aromatic N) is 2. The minimum atomic E-state index is -0.609. The number of halogens is 1. The molecule has 2 fully saturated rings. The molecule has 1 saturated heterocycles. The van der Waals surface area contributed by atoms with Crippen molar-refractivity contribution in [3.8, 4) is 0 Å². The van der Waals surface area contributed by atoms with Crippen LogP contribution in [-0.4, -0.2) is 52.2 Å². The summed E-state index contributed by atoms with van der Waals surface area (Å²) < 4.78 is 20.9. The zero-order valence-corrected chi connectivity index (χ0v) is 16.7. The summed E-state index contributed by atoms with van der Waals surface area (Å²) in [6, 6.07) is 2.60. The third-order valence-electron chi connectivity index (χ3n) is 6.47. The van der Waals surface area contributed by atoms with E-state index >= 15 is 4.39 Å². The summed E-state index contributed by atoms with van der Waals surface area (Å²) in [5, 5.41) is 9.24. The highest BCUT2D eigenvalue weighted by atomic mass is 19.1. The number of H-pyrrole nitrogens is 1. The predicted octanol–water partition coefficient (Wildman–Crippen LogP) is 2.42. The van der Waals surface area contributed by atoms with E-state index in [0.717, 1.165) is 31.6 Å². The van der Waals surface area contributed by atoms with Crippen molar-refractivity contribution in [2.45, 2.75) is 44.7 Å². The summed E-state index contributed by atoms with van der Waals surface area (Å²) in [5.41, 5.74) is 7.65. The molecular formula is C21H29FN4O3. The fourth-order valence-corrected chi connectivity index (χ4v) is 4.61. The number of rotatable bonds is 4. The van der Waals surface area contributed by atoms with E-state index in [1.165, 1.54) is 4.90 Å². The normalized spacial score (nSPS) is 26.6. The summed E-state index contributed by atoms with van der Waals surface area (Å²) in [4.78, 5) is 21.2. The Labute approximate surface area is 169 Å². The topological polar surface area (TPSA) is 104 Å². The van der Waals surface area contributed by atoms with Gasteiger partial charge in [-0.15, -0.1) is 0 Å². The number of fused-ring (bicyclic) bond motifs is 1. The number of morpholine rings is 1. The third kappa shape index (κ3) is 3.89. The molecular weight excluding hydrogens is 375 g/mol. The summed E-state index contributed by atoms with van der Waals surface area (Å²) in [5.74, 6) is 0.781. The van der Waals surface area contributed by atoms with E-state index in [9.17, 15) is 9.90 Å². The first-order valence-electron chi connectivity index (χ1n) is 10.4. The number of amides is 1. The highest BCUT2D eigenvalue weighted by Crippen LogP contribution is 2.36. The van der Waals surface area contributed by atoms with Crippen LogP contribution < -0.4 is 5.73 Å². The number of ether oxygens (including phenoxy) is 1. The molecule has 1 aromatic carbocycles. The molecule has 1 unspecified atom stereocenters. The molecule has 1 aliphatic carbocycles. The van der Waals surface area contributed by atoms with Gasteiger partial charge in [-0.05, 0) is 30.7 Å². The first-order valence-corrected chi connectivity index (χ1v) is 10.4.